The van der Waals surface area contributed by atoms with Crippen molar-refractivity contribution in [2.24, 2.45) is 0 Å². The topological polar surface area (TPSA) is 73.5 Å². The summed E-state index contributed by atoms with van der Waals surface area (Å²) in [5.74, 6) is 0. The molecule has 1 atom stereocenters. The Bertz CT molecular complexity index is 643. The maximum atomic E-state index is 4.11. The lowest BCUT2D eigenvalue weighted by Crippen LogP contribution is -2.30. The van der Waals surface area contributed by atoms with Crippen molar-refractivity contribution in [2.45, 2.75) is 26.1 Å². The lowest BCUT2D eigenvalue weighted by atomic mass is 10.2. The van der Waals surface area contributed by atoms with Gasteiger partial charge >= 0.3 is 0 Å². The summed E-state index contributed by atoms with van der Waals surface area (Å²) in [6.07, 6.45) is 6.50. The Kier molecular flexibility index (Phi) is 4.02. The van der Waals surface area contributed by atoms with Gasteiger partial charge in [-0.3, -0.25) is 4.68 Å². The molecule has 108 valence electrons. The predicted octanol–water partition coefficient (Wildman–Crippen LogP) is 1.04. The first kappa shape index (κ1) is 13.4. The van der Waals surface area contributed by atoms with Crippen molar-refractivity contribution >= 4 is 0 Å². The minimum atomic E-state index is 0.321. The molecule has 0 aliphatic heterocycles. The molecule has 1 unspecified atom stereocenters. The van der Waals surface area contributed by atoms with Gasteiger partial charge in [-0.2, -0.15) is 10.2 Å². The highest BCUT2D eigenvalue weighted by atomic mass is 15.3. The van der Waals surface area contributed by atoms with Crippen molar-refractivity contribution in [1.29, 1.82) is 0 Å². The Morgan fingerprint density at radius 3 is 2.48 bits per heavy atom. The van der Waals surface area contributed by atoms with E-state index in [1.807, 2.05) is 16.8 Å². The van der Waals surface area contributed by atoms with Crippen LogP contribution in [0, 0.1) is 0 Å². The van der Waals surface area contributed by atoms with Crippen molar-refractivity contribution in [3.05, 3.63) is 55.1 Å². The molecular weight excluding hydrogens is 266 g/mol. The molecular formula is C14H17N7. The minimum Gasteiger partial charge on any atom is -0.308 e. The standard InChI is InChI=1S/C14H17N7/c1-12(7-20-10-15-8-18-20)17-6-13-2-4-14(5-3-13)21-11-16-9-19-21/h2-5,8-12,17H,6-7H2,1H3. The van der Waals surface area contributed by atoms with Gasteiger partial charge in [-0.15, -0.1) is 0 Å². The van der Waals surface area contributed by atoms with Crippen LogP contribution in [0.3, 0.4) is 0 Å². The van der Waals surface area contributed by atoms with Crippen LogP contribution >= 0.6 is 0 Å². The van der Waals surface area contributed by atoms with Crippen molar-refractivity contribution in [2.75, 3.05) is 0 Å². The second-order valence-corrected chi connectivity index (χ2v) is 4.91. The summed E-state index contributed by atoms with van der Waals surface area (Å²) in [6.45, 7) is 3.75. The molecule has 0 saturated heterocycles. The molecule has 0 saturated carbocycles. The van der Waals surface area contributed by atoms with Gasteiger partial charge in [0.2, 0.25) is 0 Å². The van der Waals surface area contributed by atoms with Crippen LogP contribution in [0.25, 0.3) is 5.69 Å². The molecule has 0 fully saturated rings. The van der Waals surface area contributed by atoms with Crippen molar-refractivity contribution in [1.82, 2.24) is 34.8 Å². The Hall–Kier alpha value is -2.54. The number of nitrogens with zero attached hydrogens (tertiary/aromatic N) is 6. The molecule has 21 heavy (non-hydrogen) atoms. The van der Waals surface area contributed by atoms with Crippen LogP contribution in [0.4, 0.5) is 0 Å². The third-order valence-electron chi connectivity index (χ3n) is 3.20. The van der Waals surface area contributed by atoms with Crippen LogP contribution in [0.5, 0.6) is 0 Å². The zero-order chi connectivity index (χ0) is 14.5. The highest BCUT2D eigenvalue weighted by molar-refractivity contribution is 5.33. The summed E-state index contributed by atoms with van der Waals surface area (Å²) in [4.78, 5) is 7.88. The summed E-state index contributed by atoms with van der Waals surface area (Å²) in [6, 6.07) is 8.57. The number of benzene rings is 1. The van der Waals surface area contributed by atoms with E-state index in [1.165, 1.54) is 11.9 Å². The molecule has 7 nitrogen and oxygen atoms in total. The van der Waals surface area contributed by atoms with Gasteiger partial charge in [0.25, 0.3) is 0 Å². The van der Waals surface area contributed by atoms with Crippen LogP contribution in [0.2, 0.25) is 0 Å². The second kappa shape index (κ2) is 6.27. The first-order valence-electron chi connectivity index (χ1n) is 6.81. The van der Waals surface area contributed by atoms with Crippen LogP contribution < -0.4 is 5.32 Å². The lowest BCUT2D eigenvalue weighted by molar-refractivity contribution is 0.450. The van der Waals surface area contributed by atoms with Crippen LogP contribution in [0.1, 0.15) is 12.5 Å². The number of hydrogen-bond donors (Lipinski definition) is 1. The van der Waals surface area contributed by atoms with E-state index < -0.39 is 0 Å². The summed E-state index contributed by atoms with van der Waals surface area (Å²) < 4.78 is 3.57. The van der Waals surface area contributed by atoms with Crippen molar-refractivity contribution in [3.8, 4) is 5.69 Å². The molecule has 0 radical (unpaired) electrons. The number of nitrogens with one attached hydrogen (secondary N) is 1. The number of rotatable bonds is 6. The fourth-order valence-electron chi connectivity index (χ4n) is 2.07. The molecule has 2 aromatic heterocycles. The predicted molar refractivity (Wildman–Crippen MR) is 77.7 cm³/mol. The monoisotopic (exact) mass is 283 g/mol. The fourth-order valence-corrected chi connectivity index (χ4v) is 2.07. The zero-order valence-electron chi connectivity index (χ0n) is 11.8. The minimum absolute atomic E-state index is 0.321. The van der Waals surface area contributed by atoms with E-state index in [2.05, 4.69) is 44.5 Å². The smallest absolute Gasteiger partial charge is 0.138 e. The molecule has 0 bridgehead atoms. The van der Waals surface area contributed by atoms with Gasteiger partial charge in [0.1, 0.15) is 25.3 Å². The highest BCUT2D eigenvalue weighted by Gasteiger charge is 2.03. The molecule has 7 heteroatoms. The molecule has 1 N–H and O–H groups in total. The average molecular weight is 283 g/mol. The van der Waals surface area contributed by atoms with E-state index in [-0.39, 0.29) is 0 Å². The summed E-state index contributed by atoms with van der Waals surface area (Å²) in [5, 5.41) is 11.7. The quantitative estimate of drug-likeness (QED) is 0.731. The van der Waals surface area contributed by atoms with E-state index in [0.29, 0.717) is 6.04 Å². The van der Waals surface area contributed by atoms with Gasteiger partial charge in [-0.25, -0.2) is 14.6 Å². The molecule has 0 amide bonds. The van der Waals surface area contributed by atoms with Crippen molar-refractivity contribution < 1.29 is 0 Å². The van der Waals surface area contributed by atoms with Crippen LogP contribution in [-0.4, -0.2) is 35.6 Å². The fraction of sp³-hybridized carbons (Fsp3) is 0.286. The average Bonchev–Trinajstić information content (AvgIpc) is 3.19. The SMILES string of the molecule is CC(Cn1cncn1)NCc1ccc(-n2cncn2)cc1. The summed E-state index contributed by atoms with van der Waals surface area (Å²) in [5.41, 5.74) is 2.23. The Morgan fingerprint density at radius 1 is 1.05 bits per heavy atom. The number of aromatic nitrogens is 6. The largest absolute Gasteiger partial charge is 0.308 e. The van der Waals surface area contributed by atoms with Gasteiger partial charge in [-0.05, 0) is 24.6 Å². The third-order valence-corrected chi connectivity index (χ3v) is 3.20. The van der Waals surface area contributed by atoms with Gasteiger partial charge in [0.05, 0.1) is 12.2 Å². The van der Waals surface area contributed by atoms with Gasteiger partial charge in [-0.1, -0.05) is 12.1 Å². The first-order chi connectivity index (χ1) is 10.3. The molecule has 3 rings (SSSR count). The van der Waals surface area contributed by atoms with Gasteiger partial charge < -0.3 is 5.32 Å². The first-order valence-corrected chi connectivity index (χ1v) is 6.81. The van der Waals surface area contributed by atoms with E-state index in [0.717, 1.165) is 18.8 Å². The Labute approximate surface area is 122 Å². The molecule has 0 aliphatic rings. The molecule has 2 heterocycles. The molecule has 1 aromatic carbocycles. The molecule has 0 aliphatic carbocycles. The lowest BCUT2D eigenvalue weighted by Gasteiger charge is -2.13. The highest BCUT2D eigenvalue weighted by Crippen LogP contribution is 2.08. The van der Waals surface area contributed by atoms with E-state index in [4.69, 9.17) is 0 Å². The molecule has 3 aromatic rings. The van der Waals surface area contributed by atoms with E-state index in [1.54, 1.807) is 23.7 Å². The zero-order valence-corrected chi connectivity index (χ0v) is 11.8. The number of hydrogen-bond acceptors (Lipinski definition) is 5. The summed E-state index contributed by atoms with van der Waals surface area (Å²) >= 11 is 0. The molecule has 0 spiro atoms. The maximum Gasteiger partial charge on any atom is 0.138 e. The Balaban J connectivity index is 1.53. The van der Waals surface area contributed by atoms with Gasteiger partial charge in [0.15, 0.2) is 0 Å². The second-order valence-electron chi connectivity index (χ2n) is 4.91. The normalized spacial score (nSPS) is 12.4. The third kappa shape index (κ3) is 3.51. The van der Waals surface area contributed by atoms with Crippen molar-refractivity contribution in [3.63, 3.8) is 0 Å². The Morgan fingerprint density at radius 2 is 1.81 bits per heavy atom. The van der Waals surface area contributed by atoms with E-state index >= 15 is 0 Å². The van der Waals surface area contributed by atoms with Crippen LogP contribution in [-0.2, 0) is 13.1 Å². The maximum absolute atomic E-state index is 4.11. The van der Waals surface area contributed by atoms with Gasteiger partial charge in [0, 0.05) is 12.6 Å². The van der Waals surface area contributed by atoms with Crippen LogP contribution in [0.15, 0.2) is 49.6 Å². The van der Waals surface area contributed by atoms with E-state index in [9.17, 15) is 0 Å². The summed E-state index contributed by atoms with van der Waals surface area (Å²) in [7, 11) is 0.